The maximum Gasteiger partial charge on any atom is 0.299 e. The Kier molecular flexibility index (Phi) is 7.72. The van der Waals surface area contributed by atoms with E-state index < -0.39 is 9.04 Å². The number of unbranched alkanes of at least 4 members (excludes halogenated alkanes) is 1. The molecule has 0 saturated heterocycles. The lowest BCUT2D eigenvalue weighted by Gasteiger charge is -2.23. The van der Waals surface area contributed by atoms with Crippen LogP contribution in [0.5, 0.6) is 11.5 Å². The molecule has 0 radical (unpaired) electrons. The molecule has 0 spiro atoms. The third-order valence-corrected chi connectivity index (χ3v) is 7.91. The number of hydrogen-bond acceptors (Lipinski definition) is 3. The zero-order valence-corrected chi connectivity index (χ0v) is 20.0. The van der Waals surface area contributed by atoms with E-state index in [4.69, 9.17) is 9.16 Å². The molecular formula is C29H28O3Si. The Hall–Kier alpha value is -3.63. The summed E-state index contributed by atoms with van der Waals surface area (Å²) in [7, 11) is -2.14. The van der Waals surface area contributed by atoms with Crippen LogP contribution in [0.15, 0.2) is 109 Å². The van der Waals surface area contributed by atoms with E-state index in [0.717, 1.165) is 23.2 Å². The van der Waals surface area contributed by atoms with Crippen molar-refractivity contribution in [2.75, 3.05) is 6.61 Å². The van der Waals surface area contributed by atoms with Crippen LogP contribution in [0.3, 0.4) is 0 Å². The molecule has 0 amide bonds. The van der Waals surface area contributed by atoms with E-state index in [1.165, 1.54) is 0 Å². The molecule has 3 nitrogen and oxygen atoms in total. The van der Waals surface area contributed by atoms with E-state index in [-0.39, 0.29) is 5.78 Å². The zero-order valence-electron chi connectivity index (χ0n) is 18.8. The molecule has 4 aromatic carbocycles. The number of carbonyl (C=O) groups excluding carboxylic acids is 1. The number of carbonyl (C=O) groups is 1. The molecule has 166 valence electrons. The zero-order chi connectivity index (χ0) is 22.9. The van der Waals surface area contributed by atoms with Crippen molar-refractivity contribution in [2.24, 2.45) is 0 Å². The van der Waals surface area contributed by atoms with Crippen LogP contribution < -0.4 is 19.5 Å². The molecule has 0 fully saturated rings. The van der Waals surface area contributed by atoms with Gasteiger partial charge in [-0.05, 0) is 28.9 Å². The van der Waals surface area contributed by atoms with Crippen LogP contribution in [-0.2, 0) is 0 Å². The van der Waals surface area contributed by atoms with Gasteiger partial charge in [-0.25, -0.2) is 0 Å². The van der Waals surface area contributed by atoms with Gasteiger partial charge in [0.1, 0.15) is 0 Å². The van der Waals surface area contributed by atoms with Crippen LogP contribution in [0.25, 0.3) is 0 Å². The smallest absolute Gasteiger partial charge is 0.299 e. The van der Waals surface area contributed by atoms with Crippen molar-refractivity contribution in [3.8, 4) is 11.5 Å². The summed E-state index contributed by atoms with van der Waals surface area (Å²) < 4.78 is 12.9. The highest BCUT2D eigenvalue weighted by Gasteiger charge is 2.25. The van der Waals surface area contributed by atoms with Gasteiger partial charge < -0.3 is 9.16 Å². The minimum atomic E-state index is -2.14. The number of benzene rings is 4. The molecule has 0 aliphatic heterocycles. The molecule has 0 bridgehead atoms. The average molecular weight is 453 g/mol. The molecule has 0 heterocycles. The van der Waals surface area contributed by atoms with Gasteiger partial charge in [-0.15, -0.1) is 0 Å². The normalized spacial score (nSPS) is 10.7. The van der Waals surface area contributed by atoms with Crippen molar-refractivity contribution < 1.29 is 14.0 Å². The van der Waals surface area contributed by atoms with E-state index in [2.05, 4.69) is 31.2 Å². The fourth-order valence-electron chi connectivity index (χ4n) is 3.70. The molecule has 0 aromatic heterocycles. The highest BCUT2D eigenvalue weighted by molar-refractivity contribution is 6.80. The topological polar surface area (TPSA) is 35.5 Å². The summed E-state index contributed by atoms with van der Waals surface area (Å²) in [5, 5.41) is 2.29. The Labute approximate surface area is 197 Å². The van der Waals surface area contributed by atoms with Crippen LogP contribution in [0.4, 0.5) is 0 Å². The molecular weight excluding hydrogens is 424 g/mol. The number of para-hydroxylation sites is 1. The first-order valence-corrected chi connectivity index (χ1v) is 13.0. The minimum Gasteiger partial charge on any atom is -0.534 e. The van der Waals surface area contributed by atoms with E-state index in [0.29, 0.717) is 29.2 Å². The first kappa shape index (κ1) is 22.6. The molecule has 33 heavy (non-hydrogen) atoms. The lowest BCUT2D eigenvalue weighted by Crippen LogP contribution is -2.47. The van der Waals surface area contributed by atoms with Crippen molar-refractivity contribution in [3.63, 3.8) is 0 Å². The van der Waals surface area contributed by atoms with Crippen LogP contribution in [0, 0.1) is 0 Å². The molecule has 0 aliphatic carbocycles. The molecule has 4 rings (SSSR count). The van der Waals surface area contributed by atoms with Crippen molar-refractivity contribution in [3.05, 3.63) is 120 Å². The monoisotopic (exact) mass is 452 g/mol. The van der Waals surface area contributed by atoms with Gasteiger partial charge in [0.2, 0.25) is 0 Å². The second-order valence-corrected chi connectivity index (χ2v) is 10.2. The number of rotatable bonds is 10. The van der Waals surface area contributed by atoms with Crippen molar-refractivity contribution >= 4 is 25.2 Å². The fraction of sp³-hybridized carbons (Fsp3) is 0.138. The highest BCUT2D eigenvalue weighted by atomic mass is 28.3. The molecule has 4 heteroatoms. The third kappa shape index (κ3) is 5.60. The van der Waals surface area contributed by atoms with Gasteiger partial charge >= 0.3 is 0 Å². The summed E-state index contributed by atoms with van der Waals surface area (Å²) >= 11 is 0. The SMILES string of the molecule is CCCCOc1cccc(C(=O)c2ccccc2)c1O[SiH](c1ccccc1)c1ccccc1. The van der Waals surface area contributed by atoms with Gasteiger partial charge in [-0.1, -0.05) is 110 Å². The van der Waals surface area contributed by atoms with Gasteiger partial charge in [0.15, 0.2) is 17.3 Å². The third-order valence-electron chi connectivity index (χ3n) is 5.46. The highest BCUT2D eigenvalue weighted by Crippen LogP contribution is 2.33. The maximum absolute atomic E-state index is 13.5. The van der Waals surface area contributed by atoms with E-state index in [1.54, 1.807) is 0 Å². The lowest BCUT2D eigenvalue weighted by atomic mass is 10.0. The van der Waals surface area contributed by atoms with Crippen molar-refractivity contribution in [1.29, 1.82) is 0 Å². The molecule has 0 unspecified atom stereocenters. The molecule has 4 aromatic rings. The first-order chi connectivity index (χ1) is 16.3. The predicted octanol–water partition coefficient (Wildman–Crippen LogP) is 5.01. The summed E-state index contributed by atoms with van der Waals surface area (Å²) in [5.74, 6) is 1.09. The minimum absolute atomic E-state index is 0.0691. The Bertz CT molecular complexity index is 1120. The lowest BCUT2D eigenvalue weighted by molar-refractivity contribution is 0.103. The Morgan fingerprint density at radius 1 is 0.727 bits per heavy atom. The number of hydrogen-bond donors (Lipinski definition) is 0. The van der Waals surface area contributed by atoms with Crippen LogP contribution >= 0.6 is 0 Å². The largest absolute Gasteiger partial charge is 0.534 e. The standard InChI is InChI=1S/C29H28O3Si/c1-2-3-22-31-27-21-13-20-26(28(30)23-14-7-4-8-15-23)29(27)32-33(24-16-9-5-10-17-24)25-18-11-6-12-19-25/h4-21,33H,2-3,22H2,1H3. The van der Waals surface area contributed by atoms with Crippen LogP contribution in [0.2, 0.25) is 0 Å². The summed E-state index contributed by atoms with van der Waals surface area (Å²) in [6.45, 7) is 2.71. The molecule has 0 atom stereocenters. The fourth-order valence-corrected chi connectivity index (χ4v) is 5.98. The predicted molar refractivity (Wildman–Crippen MR) is 137 cm³/mol. The maximum atomic E-state index is 13.5. The van der Waals surface area contributed by atoms with E-state index >= 15 is 0 Å². The second kappa shape index (κ2) is 11.3. The van der Waals surface area contributed by atoms with Gasteiger partial charge in [0.25, 0.3) is 9.04 Å². The number of ketones is 1. The van der Waals surface area contributed by atoms with E-state index in [1.807, 2.05) is 84.9 Å². The quantitative estimate of drug-likeness (QED) is 0.193. The second-order valence-electron chi connectivity index (χ2n) is 7.85. The molecule has 0 N–H and O–H groups in total. The van der Waals surface area contributed by atoms with Gasteiger partial charge in [-0.3, -0.25) is 4.79 Å². The van der Waals surface area contributed by atoms with Crippen molar-refractivity contribution in [2.45, 2.75) is 19.8 Å². The van der Waals surface area contributed by atoms with Gasteiger partial charge in [0, 0.05) is 5.56 Å². The summed E-state index contributed by atoms with van der Waals surface area (Å²) in [5.41, 5.74) is 1.16. The number of ether oxygens (including phenoxy) is 1. The molecule has 0 saturated carbocycles. The first-order valence-electron chi connectivity index (χ1n) is 11.4. The van der Waals surface area contributed by atoms with Gasteiger partial charge in [0.05, 0.1) is 12.2 Å². The average Bonchev–Trinajstić information content (AvgIpc) is 2.89. The van der Waals surface area contributed by atoms with Crippen molar-refractivity contribution in [1.82, 2.24) is 0 Å². The van der Waals surface area contributed by atoms with Crippen LogP contribution in [0.1, 0.15) is 35.7 Å². The van der Waals surface area contributed by atoms with Gasteiger partial charge in [-0.2, -0.15) is 0 Å². The molecule has 0 aliphatic rings. The Balaban J connectivity index is 1.79. The van der Waals surface area contributed by atoms with E-state index in [9.17, 15) is 4.79 Å². The Morgan fingerprint density at radius 2 is 1.30 bits per heavy atom. The summed E-state index contributed by atoms with van der Waals surface area (Å²) in [6, 6.07) is 35.5. The summed E-state index contributed by atoms with van der Waals surface area (Å²) in [4.78, 5) is 13.5. The Morgan fingerprint density at radius 3 is 1.88 bits per heavy atom. The van der Waals surface area contributed by atoms with Crippen LogP contribution in [-0.4, -0.2) is 21.4 Å². The summed E-state index contributed by atoms with van der Waals surface area (Å²) in [6.07, 6.45) is 1.97.